The Hall–Kier alpha value is -1.30. The van der Waals surface area contributed by atoms with Crippen molar-refractivity contribution in [3.05, 3.63) is 10.4 Å². The minimum atomic E-state index is -0.648. The van der Waals surface area contributed by atoms with Crippen molar-refractivity contribution in [2.75, 3.05) is 32.8 Å². The minimum absolute atomic E-state index is 0.184. The third-order valence-electron chi connectivity index (χ3n) is 4.01. The lowest BCUT2D eigenvalue weighted by atomic mass is 9.90. The number of azide groups is 1. The number of nitrogens with zero attached hydrogens (tertiary/aromatic N) is 4. The minimum Gasteiger partial charge on any atom is -0.465 e. The van der Waals surface area contributed by atoms with Crippen molar-refractivity contribution >= 4 is 5.97 Å². The van der Waals surface area contributed by atoms with Gasteiger partial charge in [0.15, 0.2) is 0 Å². The lowest BCUT2D eigenvalue weighted by molar-refractivity contribution is -0.151. The summed E-state index contributed by atoms with van der Waals surface area (Å²) in [5, 5.41) is 6.80. The smallest absolute Gasteiger partial charge is 0.326 e. The molecule has 0 spiro atoms. The second-order valence-electron chi connectivity index (χ2n) is 5.67. The monoisotopic (exact) mass is 297 g/mol. The van der Waals surface area contributed by atoms with Gasteiger partial charge >= 0.3 is 5.97 Å². The normalized spacial score (nSPS) is 23.4. The van der Waals surface area contributed by atoms with E-state index in [9.17, 15) is 4.79 Å². The number of hydrogen-bond donors (Lipinski definition) is 1. The molecule has 0 radical (unpaired) electrons. The number of carbonyl (C=O) groups is 1. The van der Waals surface area contributed by atoms with Gasteiger partial charge in [0.2, 0.25) is 0 Å². The zero-order valence-corrected chi connectivity index (χ0v) is 13.3. The second kappa shape index (κ2) is 8.87. The number of rotatable bonds is 7. The summed E-state index contributed by atoms with van der Waals surface area (Å²) in [6, 6.07) is 0.478. The summed E-state index contributed by atoms with van der Waals surface area (Å²) in [5.41, 5.74) is 7.69. The molecule has 7 nitrogen and oxygen atoms in total. The molecule has 1 aliphatic rings. The summed E-state index contributed by atoms with van der Waals surface area (Å²) >= 11 is 0. The van der Waals surface area contributed by atoms with Crippen LogP contribution >= 0.6 is 0 Å². The third-order valence-corrected chi connectivity index (χ3v) is 4.01. The Balaban J connectivity index is 2.76. The van der Waals surface area contributed by atoms with Crippen LogP contribution in [-0.4, -0.2) is 55.2 Å². The quantitative estimate of drug-likeness (QED) is 0.256. The molecule has 1 N–H and O–H groups in total. The van der Waals surface area contributed by atoms with Crippen LogP contribution in [0.3, 0.4) is 0 Å². The molecule has 120 valence electrons. The molecule has 0 aromatic rings. The summed E-state index contributed by atoms with van der Waals surface area (Å²) in [6.45, 7) is 9.24. The first kappa shape index (κ1) is 17.8. The third kappa shape index (κ3) is 5.19. The van der Waals surface area contributed by atoms with Crippen LogP contribution in [0.5, 0.6) is 0 Å². The fraction of sp³-hybridized carbons (Fsp3) is 0.929. The van der Waals surface area contributed by atoms with Gasteiger partial charge in [-0.1, -0.05) is 5.11 Å². The summed E-state index contributed by atoms with van der Waals surface area (Å²) in [7, 11) is 0. The first-order chi connectivity index (χ1) is 10.1. The lowest BCUT2D eigenvalue weighted by Gasteiger charge is -2.32. The van der Waals surface area contributed by atoms with E-state index in [2.05, 4.69) is 34.1 Å². The maximum atomic E-state index is 12.4. The van der Waals surface area contributed by atoms with Crippen LogP contribution in [0.2, 0.25) is 0 Å². The molecule has 7 heteroatoms. The van der Waals surface area contributed by atoms with E-state index in [0.29, 0.717) is 25.7 Å². The molecule has 1 fully saturated rings. The van der Waals surface area contributed by atoms with E-state index >= 15 is 0 Å². The Kier molecular flexibility index (Phi) is 7.50. The number of carbonyl (C=O) groups excluding carboxylic acids is 1. The van der Waals surface area contributed by atoms with Crippen molar-refractivity contribution in [1.29, 1.82) is 0 Å². The van der Waals surface area contributed by atoms with Gasteiger partial charge in [-0.15, -0.1) is 0 Å². The van der Waals surface area contributed by atoms with Crippen molar-refractivity contribution in [2.45, 2.75) is 51.6 Å². The van der Waals surface area contributed by atoms with Crippen molar-refractivity contribution in [2.24, 2.45) is 5.11 Å². The first-order valence-electron chi connectivity index (χ1n) is 7.73. The van der Waals surface area contributed by atoms with E-state index in [0.717, 1.165) is 32.4 Å². The molecule has 0 amide bonds. The maximum absolute atomic E-state index is 12.4. The highest BCUT2D eigenvalue weighted by Gasteiger charge is 2.40. The molecule has 1 heterocycles. The van der Waals surface area contributed by atoms with Crippen LogP contribution in [0.1, 0.15) is 40.0 Å². The van der Waals surface area contributed by atoms with Gasteiger partial charge in [-0.05, 0) is 52.1 Å². The van der Waals surface area contributed by atoms with Crippen LogP contribution in [0.25, 0.3) is 10.4 Å². The summed E-state index contributed by atoms with van der Waals surface area (Å²) in [6.07, 6.45) is 2.43. The van der Waals surface area contributed by atoms with Crippen LogP contribution < -0.4 is 5.32 Å². The average molecular weight is 297 g/mol. The van der Waals surface area contributed by atoms with E-state index in [1.54, 1.807) is 0 Å². The Bertz CT molecular complexity index is 382. The van der Waals surface area contributed by atoms with Gasteiger partial charge in [0.1, 0.15) is 5.54 Å². The standard InChI is InChI=1S/C14H27N5O2/c1-4-21-13(20)14(16-8-9-17-18-15)6-5-10-19(11-7-14)12(2)3/h12,16H,4-11H2,1-3H3. The molecule has 0 saturated carbocycles. The molecule has 0 aromatic heterocycles. The summed E-state index contributed by atoms with van der Waals surface area (Å²) < 4.78 is 5.27. The number of esters is 1. The maximum Gasteiger partial charge on any atom is 0.326 e. The van der Waals surface area contributed by atoms with Gasteiger partial charge in [0.25, 0.3) is 0 Å². The highest BCUT2D eigenvalue weighted by atomic mass is 16.5. The SMILES string of the molecule is CCOC(=O)C1(NCCN=[N+]=[N-])CCCN(C(C)C)CC1. The number of nitrogens with one attached hydrogen (secondary N) is 1. The van der Waals surface area contributed by atoms with Gasteiger partial charge in [0.05, 0.1) is 6.61 Å². The molecule has 1 saturated heterocycles. The van der Waals surface area contributed by atoms with E-state index in [1.807, 2.05) is 6.92 Å². The molecule has 1 aliphatic heterocycles. The second-order valence-corrected chi connectivity index (χ2v) is 5.67. The van der Waals surface area contributed by atoms with Gasteiger partial charge in [-0.3, -0.25) is 4.79 Å². The molecule has 0 aliphatic carbocycles. The average Bonchev–Trinajstić information content (AvgIpc) is 2.68. The number of ether oxygens (including phenoxy) is 1. The van der Waals surface area contributed by atoms with Gasteiger partial charge in [-0.25, -0.2) is 0 Å². The highest BCUT2D eigenvalue weighted by molar-refractivity contribution is 5.81. The molecule has 0 bridgehead atoms. The van der Waals surface area contributed by atoms with Crippen molar-refractivity contribution in [3.8, 4) is 0 Å². The Morgan fingerprint density at radius 3 is 2.86 bits per heavy atom. The van der Waals surface area contributed by atoms with E-state index in [4.69, 9.17) is 10.3 Å². The van der Waals surface area contributed by atoms with Crippen LogP contribution in [0.15, 0.2) is 5.11 Å². The zero-order valence-electron chi connectivity index (χ0n) is 13.3. The van der Waals surface area contributed by atoms with E-state index < -0.39 is 5.54 Å². The highest BCUT2D eigenvalue weighted by Crippen LogP contribution is 2.25. The molecular weight excluding hydrogens is 270 g/mol. The lowest BCUT2D eigenvalue weighted by Crippen LogP contribution is -2.54. The van der Waals surface area contributed by atoms with E-state index in [1.165, 1.54) is 0 Å². The van der Waals surface area contributed by atoms with Crippen LogP contribution in [0, 0.1) is 0 Å². The van der Waals surface area contributed by atoms with Gasteiger partial charge in [-0.2, -0.15) is 0 Å². The van der Waals surface area contributed by atoms with Crippen LogP contribution in [0.4, 0.5) is 0 Å². The summed E-state index contributed by atoms with van der Waals surface area (Å²) in [4.78, 5) is 17.5. The largest absolute Gasteiger partial charge is 0.465 e. The van der Waals surface area contributed by atoms with Crippen LogP contribution in [-0.2, 0) is 9.53 Å². The predicted octanol–water partition coefficient (Wildman–Crippen LogP) is 2.08. The molecule has 1 unspecified atom stereocenters. The van der Waals surface area contributed by atoms with Crippen molar-refractivity contribution in [1.82, 2.24) is 10.2 Å². The molecule has 21 heavy (non-hydrogen) atoms. The molecule has 1 rings (SSSR count). The fourth-order valence-electron chi connectivity index (χ4n) is 2.78. The molecular formula is C14H27N5O2. The predicted molar refractivity (Wildman–Crippen MR) is 81.9 cm³/mol. The topological polar surface area (TPSA) is 90.3 Å². The zero-order chi connectivity index (χ0) is 15.7. The van der Waals surface area contributed by atoms with E-state index in [-0.39, 0.29) is 5.97 Å². The Morgan fingerprint density at radius 2 is 2.24 bits per heavy atom. The molecule has 1 atom stereocenters. The van der Waals surface area contributed by atoms with Gasteiger partial charge < -0.3 is 15.0 Å². The number of hydrogen-bond acceptors (Lipinski definition) is 5. The first-order valence-corrected chi connectivity index (χ1v) is 7.73. The van der Waals surface area contributed by atoms with Gasteiger partial charge in [0, 0.05) is 30.6 Å². The summed E-state index contributed by atoms with van der Waals surface area (Å²) in [5.74, 6) is -0.184. The molecule has 0 aromatic carbocycles. The van der Waals surface area contributed by atoms with Crippen molar-refractivity contribution < 1.29 is 9.53 Å². The number of likely N-dealkylation sites (tertiary alicyclic amines) is 1. The van der Waals surface area contributed by atoms with Crippen molar-refractivity contribution in [3.63, 3.8) is 0 Å². The Labute approximate surface area is 126 Å². The Morgan fingerprint density at radius 1 is 1.48 bits per heavy atom. The fourth-order valence-corrected chi connectivity index (χ4v) is 2.78.